The van der Waals surface area contributed by atoms with Crippen LogP contribution in [0.2, 0.25) is 0 Å². The molecule has 0 saturated heterocycles. The Labute approximate surface area is 113 Å². The van der Waals surface area contributed by atoms with E-state index in [0.29, 0.717) is 12.6 Å². The van der Waals surface area contributed by atoms with Crippen LogP contribution in [0.4, 0.5) is 0 Å². The first-order valence-electron chi connectivity index (χ1n) is 6.26. The van der Waals surface area contributed by atoms with Crippen molar-refractivity contribution in [3.63, 3.8) is 0 Å². The predicted molar refractivity (Wildman–Crippen MR) is 77.4 cm³/mol. The number of rotatable bonds is 6. The fourth-order valence-electron chi connectivity index (χ4n) is 2.00. The van der Waals surface area contributed by atoms with Gasteiger partial charge in [0.05, 0.1) is 6.61 Å². The monoisotopic (exact) mass is 261 g/mol. The van der Waals surface area contributed by atoms with Gasteiger partial charge in [0.2, 0.25) is 0 Å². The average Bonchev–Trinajstić information content (AvgIpc) is 2.89. The summed E-state index contributed by atoms with van der Waals surface area (Å²) >= 11 is 1.80. The van der Waals surface area contributed by atoms with E-state index in [-0.39, 0.29) is 0 Å². The Bertz CT molecular complexity index is 467. The van der Waals surface area contributed by atoms with Crippen LogP contribution >= 0.6 is 11.3 Å². The molecule has 2 nitrogen and oxygen atoms in total. The Hall–Kier alpha value is -1.32. The van der Waals surface area contributed by atoms with Gasteiger partial charge in [0, 0.05) is 17.3 Å². The van der Waals surface area contributed by atoms with Crippen LogP contribution < -0.4 is 10.1 Å². The molecule has 18 heavy (non-hydrogen) atoms. The minimum Gasteiger partial charge on any atom is -0.494 e. The Morgan fingerprint density at radius 2 is 2.17 bits per heavy atom. The Morgan fingerprint density at radius 3 is 2.83 bits per heavy atom. The summed E-state index contributed by atoms with van der Waals surface area (Å²) in [6.07, 6.45) is 1.02. The molecule has 2 rings (SSSR count). The molecule has 0 radical (unpaired) electrons. The van der Waals surface area contributed by atoms with Crippen molar-refractivity contribution in [2.45, 2.75) is 19.4 Å². The highest BCUT2D eigenvalue weighted by Crippen LogP contribution is 2.24. The zero-order valence-corrected chi connectivity index (χ0v) is 11.7. The SMILES string of the molecule is CCOc1cccc(C(Cc2cccs2)NC)c1. The van der Waals surface area contributed by atoms with Gasteiger partial charge in [0.25, 0.3) is 0 Å². The highest BCUT2D eigenvalue weighted by Gasteiger charge is 2.11. The van der Waals surface area contributed by atoms with Crippen molar-refractivity contribution in [1.82, 2.24) is 5.32 Å². The van der Waals surface area contributed by atoms with E-state index >= 15 is 0 Å². The number of likely N-dealkylation sites (N-methyl/N-ethyl adjacent to an activating group) is 1. The van der Waals surface area contributed by atoms with Gasteiger partial charge in [-0.25, -0.2) is 0 Å². The summed E-state index contributed by atoms with van der Waals surface area (Å²) < 4.78 is 5.55. The van der Waals surface area contributed by atoms with Gasteiger partial charge < -0.3 is 10.1 Å². The summed E-state index contributed by atoms with van der Waals surface area (Å²) in [6, 6.07) is 13.0. The molecule has 0 bridgehead atoms. The molecule has 1 atom stereocenters. The maximum atomic E-state index is 5.55. The molecule has 1 aromatic carbocycles. The van der Waals surface area contributed by atoms with Crippen LogP contribution in [0.1, 0.15) is 23.4 Å². The van der Waals surface area contributed by atoms with Gasteiger partial charge in [-0.1, -0.05) is 18.2 Å². The molecule has 3 heteroatoms. The normalized spacial score (nSPS) is 12.3. The molecule has 1 N–H and O–H groups in total. The standard InChI is InChI=1S/C15H19NOS/c1-3-17-13-7-4-6-12(10-13)15(16-2)11-14-8-5-9-18-14/h4-10,15-16H,3,11H2,1-2H3. The topological polar surface area (TPSA) is 21.3 Å². The second kappa shape index (κ2) is 6.57. The lowest BCUT2D eigenvalue weighted by Gasteiger charge is -2.16. The molecular weight excluding hydrogens is 242 g/mol. The summed E-state index contributed by atoms with van der Waals surface area (Å²) in [4.78, 5) is 1.40. The number of thiophene rings is 1. The Balaban J connectivity index is 2.13. The van der Waals surface area contributed by atoms with Crippen molar-refractivity contribution in [1.29, 1.82) is 0 Å². The number of ether oxygens (including phenoxy) is 1. The lowest BCUT2D eigenvalue weighted by atomic mass is 10.0. The number of hydrogen-bond acceptors (Lipinski definition) is 3. The lowest BCUT2D eigenvalue weighted by Crippen LogP contribution is -2.18. The predicted octanol–water partition coefficient (Wildman–Crippen LogP) is 3.65. The summed E-state index contributed by atoms with van der Waals surface area (Å²) in [6.45, 7) is 2.71. The number of hydrogen-bond donors (Lipinski definition) is 1. The van der Waals surface area contributed by atoms with Crippen LogP contribution in [-0.4, -0.2) is 13.7 Å². The smallest absolute Gasteiger partial charge is 0.119 e. The molecule has 1 heterocycles. The minimum absolute atomic E-state index is 0.337. The van der Waals surface area contributed by atoms with E-state index in [1.807, 2.05) is 20.0 Å². The molecule has 0 spiro atoms. The molecule has 96 valence electrons. The molecule has 1 unspecified atom stereocenters. The fraction of sp³-hybridized carbons (Fsp3) is 0.333. The zero-order valence-electron chi connectivity index (χ0n) is 10.8. The second-order valence-electron chi connectivity index (χ2n) is 4.13. The van der Waals surface area contributed by atoms with Crippen LogP contribution in [0.5, 0.6) is 5.75 Å². The van der Waals surface area contributed by atoms with Crippen molar-refractivity contribution in [3.8, 4) is 5.75 Å². The third kappa shape index (κ3) is 3.34. The Kier molecular flexibility index (Phi) is 4.79. The first-order chi connectivity index (χ1) is 8.83. The number of benzene rings is 1. The van der Waals surface area contributed by atoms with Gasteiger partial charge in [-0.05, 0) is 43.1 Å². The first kappa shape index (κ1) is 13.1. The second-order valence-corrected chi connectivity index (χ2v) is 5.16. The quantitative estimate of drug-likeness (QED) is 0.857. The largest absolute Gasteiger partial charge is 0.494 e. The summed E-state index contributed by atoms with van der Waals surface area (Å²) in [5.41, 5.74) is 1.27. The molecule has 0 aliphatic heterocycles. The van der Waals surface area contributed by atoms with E-state index in [1.165, 1.54) is 10.4 Å². The van der Waals surface area contributed by atoms with Crippen LogP contribution in [0.3, 0.4) is 0 Å². The molecule has 0 saturated carbocycles. The van der Waals surface area contributed by atoms with Gasteiger partial charge >= 0.3 is 0 Å². The first-order valence-corrected chi connectivity index (χ1v) is 7.14. The van der Waals surface area contributed by atoms with Crippen molar-refractivity contribution in [2.24, 2.45) is 0 Å². The van der Waals surface area contributed by atoms with E-state index in [9.17, 15) is 0 Å². The van der Waals surface area contributed by atoms with Gasteiger partial charge in [0.1, 0.15) is 5.75 Å². The Morgan fingerprint density at radius 1 is 1.28 bits per heavy atom. The third-order valence-electron chi connectivity index (χ3n) is 2.91. The van der Waals surface area contributed by atoms with Crippen LogP contribution in [0.25, 0.3) is 0 Å². The average molecular weight is 261 g/mol. The highest BCUT2D eigenvalue weighted by atomic mass is 32.1. The maximum Gasteiger partial charge on any atom is 0.119 e. The maximum absolute atomic E-state index is 5.55. The highest BCUT2D eigenvalue weighted by molar-refractivity contribution is 7.09. The van der Waals surface area contributed by atoms with E-state index < -0.39 is 0 Å². The van der Waals surface area contributed by atoms with Gasteiger partial charge in [0.15, 0.2) is 0 Å². The van der Waals surface area contributed by atoms with Crippen molar-refractivity contribution in [3.05, 3.63) is 52.2 Å². The van der Waals surface area contributed by atoms with Gasteiger partial charge in [-0.2, -0.15) is 0 Å². The van der Waals surface area contributed by atoms with E-state index in [2.05, 4.69) is 41.0 Å². The third-order valence-corrected chi connectivity index (χ3v) is 3.80. The van der Waals surface area contributed by atoms with E-state index in [4.69, 9.17) is 4.74 Å². The molecule has 0 amide bonds. The molecular formula is C15H19NOS. The minimum atomic E-state index is 0.337. The summed E-state index contributed by atoms with van der Waals surface area (Å²) in [7, 11) is 2.01. The fourth-order valence-corrected chi connectivity index (χ4v) is 2.76. The van der Waals surface area contributed by atoms with Gasteiger partial charge in [-0.3, -0.25) is 0 Å². The van der Waals surface area contributed by atoms with E-state index in [1.54, 1.807) is 11.3 Å². The molecule has 0 aliphatic carbocycles. The molecule has 2 aromatic rings. The number of nitrogens with one attached hydrogen (secondary N) is 1. The van der Waals surface area contributed by atoms with Crippen LogP contribution in [0.15, 0.2) is 41.8 Å². The molecule has 1 aromatic heterocycles. The van der Waals surface area contributed by atoms with Crippen LogP contribution in [-0.2, 0) is 6.42 Å². The van der Waals surface area contributed by atoms with Crippen molar-refractivity contribution in [2.75, 3.05) is 13.7 Å². The van der Waals surface area contributed by atoms with Crippen molar-refractivity contribution >= 4 is 11.3 Å². The summed E-state index contributed by atoms with van der Waals surface area (Å²) in [5.74, 6) is 0.946. The van der Waals surface area contributed by atoms with Gasteiger partial charge in [-0.15, -0.1) is 11.3 Å². The van der Waals surface area contributed by atoms with Crippen LogP contribution in [0, 0.1) is 0 Å². The van der Waals surface area contributed by atoms with E-state index in [0.717, 1.165) is 12.2 Å². The van der Waals surface area contributed by atoms with Crippen molar-refractivity contribution < 1.29 is 4.74 Å². The molecule has 0 fully saturated rings. The lowest BCUT2D eigenvalue weighted by molar-refractivity contribution is 0.339. The molecule has 0 aliphatic rings. The zero-order chi connectivity index (χ0) is 12.8. The summed E-state index contributed by atoms with van der Waals surface area (Å²) in [5, 5.41) is 5.50.